The second kappa shape index (κ2) is 7.06. The first kappa shape index (κ1) is 16.2. The molecular weight excluding hydrogens is 272 g/mol. The van der Waals surface area contributed by atoms with Gasteiger partial charge in [0.1, 0.15) is 0 Å². The Bertz CT molecular complexity index is 390. The van der Waals surface area contributed by atoms with E-state index in [2.05, 4.69) is 0 Å². The number of hydrogen-bond donors (Lipinski definition) is 2. The molecule has 0 spiro atoms. The van der Waals surface area contributed by atoms with Gasteiger partial charge in [-0.1, -0.05) is 12.8 Å². The van der Waals surface area contributed by atoms with Gasteiger partial charge in [-0.05, 0) is 26.7 Å². The summed E-state index contributed by atoms with van der Waals surface area (Å²) in [6.45, 7) is 2.97. The van der Waals surface area contributed by atoms with Crippen LogP contribution in [0.2, 0.25) is 0 Å². The Morgan fingerprint density at radius 1 is 1.42 bits per heavy atom. The monoisotopic (exact) mass is 294 g/mol. The molecule has 1 fully saturated rings. The maximum atomic E-state index is 12.1. The van der Waals surface area contributed by atoms with Crippen LogP contribution in [0.1, 0.15) is 39.5 Å². The summed E-state index contributed by atoms with van der Waals surface area (Å²) in [5.41, 5.74) is 0. The van der Waals surface area contributed by atoms with Crippen LogP contribution in [0.25, 0.3) is 0 Å². The minimum atomic E-state index is -3.96. The van der Waals surface area contributed by atoms with Crippen molar-refractivity contribution in [3.05, 3.63) is 0 Å². The molecule has 0 aromatic carbocycles. The maximum absolute atomic E-state index is 12.1. The fourth-order valence-electron chi connectivity index (χ4n) is 2.19. The average molecular weight is 294 g/mol. The van der Waals surface area contributed by atoms with Crippen LogP contribution in [0.3, 0.4) is 0 Å². The first-order valence-corrected chi connectivity index (χ1v) is 7.92. The van der Waals surface area contributed by atoms with Gasteiger partial charge in [0.2, 0.25) is 0 Å². The van der Waals surface area contributed by atoms with E-state index >= 15 is 0 Å². The zero-order valence-electron chi connectivity index (χ0n) is 11.3. The number of carbonyl (C=O) groups excluding carboxylic acids is 1. The molecular formula is C11H22N2O5S. The Morgan fingerprint density at radius 2 is 2.00 bits per heavy atom. The molecule has 1 aliphatic rings. The molecule has 0 radical (unpaired) electrons. The van der Waals surface area contributed by atoms with Crippen LogP contribution >= 0.6 is 0 Å². The van der Waals surface area contributed by atoms with E-state index in [1.807, 2.05) is 4.72 Å². The molecule has 0 saturated heterocycles. The highest BCUT2D eigenvalue weighted by atomic mass is 32.2. The summed E-state index contributed by atoms with van der Waals surface area (Å²) in [6, 6.07) is -0.156. The topological polar surface area (TPSA) is 95.9 Å². The average Bonchev–Trinajstić information content (AvgIpc) is 2.76. The van der Waals surface area contributed by atoms with Crippen LogP contribution in [0.4, 0.5) is 4.79 Å². The summed E-state index contributed by atoms with van der Waals surface area (Å²) in [5, 5.41) is 8.99. The van der Waals surface area contributed by atoms with Gasteiger partial charge in [0.05, 0.1) is 12.7 Å². The van der Waals surface area contributed by atoms with E-state index in [4.69, 9.17) is 9.84 Å². The third-order valence-corrected chi connectivity index (χ3v) is 4.44. The number of nitrogens with zero attached hydrogens (tertiary/aromatic N) is 1. The van der Waals surface area contributed by atoms with E-state index < -0.39 is 22.4 Å². The molecule has 0 atom stereocenters. The number of aliphatic hydroxyl groups is 1. The molecule has 0 bridgehead atoms. The third-order valence-electron chi connectivity index (χ3n) is 2.92. The highest BCUT2D eigenvalue weighted by Gasteiger charge is 2.33. The smallest absolute Gasteiger partial charge is 0.422 e. The predicted octanol–water partition coefficient (Wildman–Crippen LogP) is 0.603. The van der Waals surface area contributed by atoms with E-state index in [0.29, 0.717) is 0 Å². The number of aliphatic hydroxyl groups excluding tert-OH is 1. The number of hydrogen-bond acceptors (Lipinski definition) is 5. The van der Waals surface area contributed by atoms with E-state index in [9.17, 15) is 13.2 Å². The Kier molecular flexibility index (Phi) is 6.02. The zero-order valence-corrected chi connectivity index (χ0v) is 12.1. The second-order valence-corrected chi connectivity index (χ2v) is 6.46. The van der Waals surface area contributed by atoms with Crippen molar-refractivity contribution < 1.29 is 23.1 Å². The van der Waals surface area contributed by atoms with Crippen molar-refractivity contribution >= 4 is 16.3 Å². The molecule has 112 valence electrons. The lowest BCUT2D eigenvalue weighted by Gasteiger charge is -2.27. The molecule has 1 saturated carbocycles. The van der Waals surface area contributed by atoms with Crippen molar-refractivity contribution in [2.24, 2.45) is 0 Å². The van der Waals surface area contributed by atoms with Gasteiger partial charge in [-0.2, -0.15) is 12.7 Å². The third kappa shape index (κ3) is 4.96. The van der Waals surface area contributed by atoms with Crippen LogP contribution in [0.15, 0.2) is 0 Å². The van der Waals surface area contributed by atoms with Crippen LogP contribution in [-0.2, 0) is 14.9 Å². The Labute approximate surface area is 114 Å². The van der Waals surface area contributed by atoms with Crippen molar-refractivity contribution in [3.8, 4) is 0 Å². The Morgan fingerprint density at radius 3 is 2.47 bits per heavy atom. The highest BCUT2D eigenvalue weighted by molar-refractivity contribution is 7.87. The van der Waals surface area contributed by atoms with Gasteiger partial charge >= 0.3 is 16.3 Å². The lowest BCUT2D eigenvalue weighted by atomic mass is 10.2. The zero-order chi connectivity index (χ0) is 14.5. The van der Waals surface area contributed by atoms with E-state index in [1.54, 1.807) is 13.8 Å². The first-order valence-electron chi connectivity index (χ1n) is 6.48. The number of nitrogens with one attached hydrogen (secondary N) is 1. The second-order valence-electron chi connectivity index (χ2n) is 4.83. The highest BCUT2D eigenvalue weighted by Crippen LogP contribution is 2.24. The van der Waals surface area contributed by atoms with E-state index in [-0.39, 0.29) is 19.2 Å². The maximum Gasteiger partial charge on any atom is 0.422 e. The molecule has 0 aromatic rings. The van der Waals surface area contributed by atoms with Crippen molar-refractivity contribution in [3.63, 3.8) is 0 Å². The van der Waals surface area contributed by atoms with E-state index in [1.165, 1.54) is 0 Å². The van der Waals surface area contributed by atoms with Crippen molar-refractivity contribution in [2.75, 3.05) is 13.2 Å². The molecule has 1 aliphatic carbocycles. The molecule has 8 heteroatoms. The van der Waals surface area contributed by atoms with Crippen molar-refractivity contribution in [2.45, 2.75) is 51.7 Å². The number of rotatable bonds is 6. The quantitative estimate of drug-likeness (QED) is 0.748. The minimum Gasteiger partial charge on any atom is -0.446 e. The van der Waals surface area contributed by atoms with Crippen molar-refractivity contribution in [1.82, 2.24) is 9.03 Å². The summed E-state index contributed by atoms with van der Waals surface area (Å²) in [4.78, 5) is 11.4. The molecule has 0 unspecified atom stereocenters. The lowest BCUT2D eigenvalue weighted by Crippen LogP contribution is -2.49. The SMILES string of the molecule is CC(C)OC(=O)NS(=O)(=O)N(CCO)C1CCCC1. The standard InChI is InChI=1S/C11H22N2O5S/c1-9(2)18-11(15)12-19(16,17)13(7-8-14)10-5-3-4-6-10/h9-10,14H,3-8H2,1-2H3,(H,12,15). The van der Waals surface area contributed by atoms with Crippen molar-refractivity contribution in [1.29, 1.82) is 0 Å². The van der Waals surface area contributed by atoms with Gasteiger partial charge in [-0.25, -0.2) is 9.52 Å². The van der Waals surface area contributed by atoms with Gasteiger partial charge in [-0.15, -0.1) is 0 Å². The fraction of sp³-hybridized carbons (Fsp3) is 0.909. The van der Waals surface area contributed by atoms with Crippen LogP contribution in [-0.4, -0.2) is 49.2 Å². The molecule has 0 aromatic heterocycles. The first-order chi connectivity index (χ1) is 8.86. The van der Waals surface area contributed by atoms with Gasteiger partial charge in [0.25, 0.3) is 0 Å². The summed E-state index contributed by atoms with van der Waals surface area (Å²) >= 11 is 0. The van der Waals surface area contributed by atoms with Gasteiger partial charge < -0.3 is 9.84 Å². The largest absolute Gasteiger partial charge is 0.446 e. The number of amides is 1. The summed E-state index contributed by atoms with van der Waals surface area (Å²) in [5.74, 6) is 0. The molecule has 2 N–H and O–H groups in total. The van der Waals surface area contributed by atoms with E-state index in [0.717, 1.165) is 30.0 Å². The summed E-state index contributed by atoms with van der Waals surface area (Å²) < 4.78 is 32.0. The Balaban J connectivity index is 2.72. The van der Waals surface area contributed by atoms with Gasteiger partial charge in [-0.3, -0.25) is 0 Å². The molecule has 1 rings (SSSR count). The fourth-order valence-corrected chi connectivity index (χ4v) is 3.49. The van der Waals surface area contributed by atoms with Gasteiger partial charge in [0.15, 0.2) is 0 Å². The molecule has 0 heterocycles. The number of ether oxygens (including phenoxy) is 1. The summed E-state index contributed by atoms with van der Waals surface area (Å²) in [6.07, 6.45) is 2.03. The molecule has 19 heavy (non-hydrogen) atoms. The van der Waals surface area contributed by atoms with Crippen LogP contribution in [0, 0.1) is 0 Å². The van der Waals surface area contributed by atoms with Gasteiger partial charge in [0, 0.05) is 12.6 Å². The molecule has 1 amide bonds. The van der Waals surface area contributed by atoms with Crippen LogP contribution in [0.5, 0.6) is 0 Å². The number of carbonyl (C=O) groups is 1. The molecule has 0 aliphatic heterocycles. The van der Waals surface area contributed by atoms with Crippen LogP contribution < -0.4 is 4.72 Å². The summed E-state index contributed by atoms with van der Waals surface area (Å²) in [7, 11) is -3.96. The predicted molar refractivity (Wildman–Crippen MR) is 69.7 cm³/mol. The normalized spacial score (nSPS) is 17.1. The lowest BCUT2D eigenvalue weighted by molar-refractivity contribution is 0.120. The minimum absolute atomic E-state index is 0.0189. The molecule has 7 nitrogen and oxygen atoms in total. The Hall–Kier alpha value is -0.860.